The number of benzene rings is 1. The summed E-state index contributed by atoms with van der Waals surface area (Å²) >= 11 is 3.40. The average molecular weight is 388 g/mol. The third kappa shape index (κ3) is 4.89. The molecular formula is C19H22BrN3O. The second-order valence-corrected chi connectivity index (χ2v) is 7.18. The third-order valence-electron chi connectivity index (χ3n) is 4.46. The van der Waals surface area contributed by atoms with Crippen LogP contribution < -0.4 is 5.32 Å². The highest BCUT2D eigenvalue weighted by Gasteiger charge is 2.20. The van der Waals surface area contributed by atoms with Gasteiger partial charge in [-0.05, 0) is 62.2 Å². The smallest absolute Gasteiger partial charge is 0.251 e. The molecule has 4 nitrogen and oxygen atoms in total. The number of pyridine rings is 1. The fourth-order valence-electron chi connectivity index (χ4n) is 3.04. The minimum atomic E-state index is 0.00668. The zero-order valence-corrected chi connectivity index (χ0v) is 15.2. The quantitative estimate of drug-likeness (QED) is 0.853. The Bertz CT molecular complexity index is 669. The molecule has 0 atom stereocenters. The Labute approximate surface area is 151 Å². The van der Waals surface area contributed by atoms with Crippen molar-refractivity contribution in [1.82, 2.24) is 15.2 Å². The van der Waals surface area contributed by atoms with Gasteiger partial charge < -0.3 is 5.32 Å². The van der Waals surface area contributed by atoms with Crippen molar-refractivity contribution in [2.24, 2.45) is 5.92 Å². The van der Waals surface area contributed by atoms with Gasteiger partial charge in [-0.3, -0.25) is 14.7 Å². The summed E-state index contributed by atoms with van der Waals surface area (Å²) in [6.07, 6.45) is 4.08. The summed E-state index contributed by atoms with van der Waals surface area (Å²) in [4.78, 5) is 19.0. The van der Waals surface area contributed by atoms with Crippen LogP contribution in [-0.4, -0.2) is 35.4 Å². The van der Waals surface area contributed by atoms with Crippen LogP contribution in [0.25, 0.3) is 0 Å². The van der Waals surface area contributed by atoms with Crippen LogP contribution in [0.5, 0.6) is 0 Å². The van der Waals surface area contributed by atoms with Gasteiger partial charge in [0.25, 0.3) is 5.91 Å². The molecule has 1 saturated heterocycles. The Hall–Kier alpha value is -1.72. The van der Waals surface area contributed by atoms with E-state index >= 15 is 0 Å². The molecule has 3 rings (SSSR count). The molecule has 0 spiro atoms. The first-order valence-electron chi connectivity index (χ1n) is 8.37. The minimum absolute atomic E-state index is 0.00668. The van der Waals surface area contributed by atoms with E-state index in [1.807, 2.05) is 42.6 Å². The Morgan fingerprint density at radius 1 is 1.21 bits per heavy atom. The van der Waals surface area contributed by atoms with Gasteiger partial charge in [0.05, 0.1) is 5.69 Å². The molecule has 0 saturated carbocycles. The van der Waals surface area contributed by atoms with Crippen molar-refractivity contribution in [2.75, 3.05) is 19.6 Å². The predicted octanol–water partition coefficient (Wildman–Crippen LogP) is 3.49. The van der Waals surface area contributed by atoms with Crippen LogP contribution in [-0.2, 0) is 6.54 Å². The first-order valence-corrected chi connectivity index (χ1v) is 9.16. The zero-order chi connectivity index (χ0) is 16.8. The van der Waals surface area contributed by atoms with E-state index in [1.165, 1.54) is 0 Å². The van der Waals surface area contributed by atoms with Gasteiger partial charge in [0.1, 0.15) is 0 Å². The van der Waals surface area contributed by atoms with Crippen LogP contribution in [0.4, 0.5) is 0 Å². The number of hydrogen-bond donors (Lipinski definition) is 1. The third-order valence-corrected chi connectivity index (χ3v) is 4.95. The molecule has 0 aliphatic carbocycles. The zero-order valence-electron chi connectivity index (χ0n) is 13.6. The molecule has 5 heteroatoms. The summed E-state index contributed by atoms with van der Waals surface area (Å²) in [5.74, 6) is 0.563. The number of halogens is 1. The standard InChI is InChI=1S/C19H22BrN3O/c20-17-5-3-4-16(12-17)19(24)22-13-15-7-10-23(11-8-15)14-18-6-1-2-9-21-18/h1-6,9,12,15H,7-8,10-11,13-14H2,(H,22,24). The highest BCUT2D eigenvalue weighted by Crippen LogP contribution is 2.18. The van der Waals surface area contributed by atoms with Gasteiger partial charge in [-0.25, -0.2) is 0 Å². The van der Waals surface area contributed by atoms with Crippen molar-refractivity contribution in [3.63, 3.8) is 0 Å². The van der Waals surface area contributed by atoms with Crippen LogP contribution in [0.1, 0.15) is 28.9 Å². The van der Waals surface area contributed by atoms with Gasteiger partial charge in [-0.15, -0.1) is 0 Å². The first-order chi connectivity index (χ1) is 11.7. The van der Waals surface area contributed by atoms with Gasteiger partial charge in [-0.1, -0.05) is 28.1 Å². The fraction of sp³-hybridized carbons (Fsp3) is 0.368. The Kier molecular flexibility index (Phi) is 5.99. The molecule has 1 aliphatic rings. The average Bonchev–Trinajstić information content (AvgIpc) is 2.62. The molecule has 1 aliphatic heterocycles. The number of aromatic nitrogens is 1. The summed E-state index contributed by atoms with van der Waals surface area (Å²) in [5, 5.41) is 3.07. The molecular weight excluding hydrogens is 366 g/mol. The molecule has 24 heavy (non-hydrogen) atoms. The van der Waals surface area contributed by atoms with Gasteiger partial charge in [0.15, 0.2) is 0 Å². The van der Waals surface area contributed by atoms with Crippen molar-refractivity contribution in [3.05, 3.63) is 64.4 Å². The van der Waals surface area contributed by atoms with Crippen molar-refractivity contribution in [2.45, 2.75) is 19.4 Å². The molecule has 0 radical (unpaired) electrons. The van der Waals surface area contributed by atoms with E-state index in [0.717, 1.165) is 49.2 Å². The fourth-order valence-corrected chi connectivity index (χ4v) is 3.44. The van der Waals surface area contributed by atoms with Crippen LogP contribution in [0.15, 0.2) is 53.1 Å². The maximum atomic E-state index is 12.2. The molecule has 1 N–H and O–H groups in total. The predicted molar refractivity (Wildman–Crippen MR) is 98.7 cm³/mol. The molecule has 2 heterocycles. The lowest BCUT2D eigenvalue weighted by Crippen LogP contribution is -2.38. The molecule has 2 aromatic rings. The Balaban J connectivity index is 1.42. The maximum absolute atomic E-state index is 12.2. The van der Waals surface area contributed by atoms with E-state index in [1.54, 1.807) is 0 Å². The SMILES string of the molecule is O=C(NCC1CCN(Cc2ccccn2)CC1)c1cccc(Br)c1. The number of nitrogens with zero attached hydrogens (tertiary/aromatic N) is 2. The Morgan fingerprint density at radius 2 is 2.04 bits per heavy atom. The lowest BCUT2D eigenvalue weighted by atomic mass is 9.96. The van der Waals surface area contributed by atoms with Gasteiger partial charge >= 0.3 is 0 Å². The topological polar surface area (TPSA) is 45.2 Å². The normalized spacial score (nSPS) is 16.0. The lowest BCUT2D eigenvalue weighted by molar-refractivity contribution is 0.0935. The molecule has 1 amide bonds. The summed E-state index contributed by atoms with van der Waals surface area (Å²) in [6.45, 7) is 3.79. The minimum Gasteiger partial charge on any atom is -0.352 e. The van der Waals surface area contributed by atoms with Gasteiger partial charge in [0, 0.05) is 29.3 Å². The number of piperidine rings is 1. The number of hydrogen-bond acceptors (Lipinski definition) is 3. The highest BCUT2D eigenvalue weighted by molar-refractivity contribution is 9.10. The summed E-state index contributed by atoms with van der Waals surface area (Å²) in [6, 6.07) is 13.6. The van der Waals surface area contributed by atoms with E-state index in [0.29, 0.717) is 11.5 Å². The molecule has 1 aromatic carbocycles. The van der Waals surface area contributed by atoms with Crippen molar-refractivity contribution in [3.8, 4) is 0 Å². The number of amides is 1. The molecule has 1 aromatic heterocycles. The van der Waals surface area contributed by atoms with Gasteiger partial charge in [-0.2, -0.15) is 0 Å². The van der Waals surface area contributed by atoms with Gasteiger partial charge in [0.2, 0.25) is 0 Å². The molecule has 126 valence electrons. The summed E-state index contributed by atoms with van der Waals surface area (Å²) in [5.41, 5.74) is 1.83. The van der Waals surface area contributed by atoms with E-state index in [-0.39, 0.29) is 5.91 Å². The molecule has 1 fully saturated rings. The number of carbonyl (C=O) groups excluding carboxylic acids is 1. The van der Waals surface area contributed by atoms with Crippen LogP contribution in [0.2, 0.25) is 0 Å². The monoisotopic (exact) mass is 387 g/mol. The molecule has 0 bridgehead atoms. The number of carbonyl (C=O) groups is 1. The van der Waals surface area contributed by atoms with Crippen LogP contribution in [0.3, 0.4) is 0 Å². The number of rotatable bonds is 5. The first kappa shape index (κ1) is 17.1. The summed E-state index contributed by atoms with van der Waals surface area (Å²) in [7, 11) is 0. The maximum Gasteiger partial charge on any atom is 0.251 e. The van der Waals surface area contributed by atoms with Crippen molar-refractivity contribution < 1.29 is 4.79 Å². The van der Waals surface area contributed by atoms with E-state index < -0.39 is 0 Å². The van der Waals surface area contributed by atoms with Crippen LogP contribution >= 0.6 is 15.9 Å². The molecule has 0 unspecified atom stereocenters. The van der Waals surface area contributed by atoms with E-state index in [4.69, 9.17) is 0 Å². The Morgan fingerprint density at radius 3 is 2.75 bits per heavy atom. The van der Waals surface area contributed by atoms with E-state index in [9.17, 15) is 4.79 Å². The second kappa shape index (κ2) is 8.40. The second-order valence-electron chi connectivity index (χ2n) is 6.26. The van der Waals surface area contributed by atoms with Crippen molar-refractivity contribution in [1.29, 1.82) is 0 Å². The summed E-state index contributed by atoms with van der Waals surface area (Å²) < 4.78 is 0.929. The van der Waals surface area contributed by atoms with Crippen LogP contribution in [0, 0.1) is 5.92 Å². The largest absolute Gasteiger partial charge is 0.352 e. The lowest BCUT2D eigenvalue weighted by Gasteiger charge is -2.31. The number of likely N-dealkylation sites (tertiary alicyclic amines) is 1. The van der Waals surface area contributed by atoms with E-state index in [2.05, 4.69) is 37.2 Å². The highest BCUT2D eigenvalue weighted by atomic mass is 79.9. The van der Waals surface area contributed by atoms with Crippen molar-refractivity contribution >= 4 is 21.8 Å². The number of nitrogens with one attached hydrogen (secondary N) is 1.